The van der Waals surface area contributed by atoms with Crippen LogP contribution >= 0.6 is 0 Å². The molecule has 2 aromatic rings. The fraction of sp³-hybridized carbons (Fsp3) is 0.400. The number of aliphatic hydroxyl groups is 1. The molecule has 0 aromatic heterocycles. The lowest BCUT2D eigenvalue weighted by molar-refractivity contribution is -0.150. The number of β-amino-alcohol motifs (C(OH)–C–C–N with tert-alkyl or cyclic N) is 1. The van der Waals surface area contributed by atoms with E-state index in [1.165, 1.54) is 0 Å². The molecule has 4 rings (SSSR count). The van der Waals surface area contributed by atoms with Crippen LogP contribution in [0, 0.1) is 0 Å². The van der Waals surface area contributed by atoms with E-state index in [4.69, 9.17) is 9.47 Å². The number of barbiturate groups is 1. The lowest BCUT2D eigenvalue weighted by Crippen LogP contribution is -2.73. The predicted molar refractivity (Wildman–Crippen MR) is 127 cm³/mol. The van der Waals surface area contributed by atoms with Gasteiger partial charge in [0, 0.05) is 39.3 Å². The summed E-state index contributed by atoms with van der Waals surface area (Å²) in [6, 6.07) is 15.2. The van der Waals surface area contributed by atoms with Crippen molar-refractivity contribution >= 4 is 17.8 Å². The molecule has 1 unspecified atom stereocenters. The Hall–Kier alpha value is -3.31. The van der Waals surface area contributed by atoms with Gasteiger partial charge in [0.25, 0.3) is 11.8 Å². The number of carbonyl (C=O) groups is 3. The highest BCUT2D eigenvalue weighted by Crippen LogP contribution is 2.34. The molecule has 0 spiro atoms. The van der Waals surface area contributed by atoms with Gasteiger partial charge in [-0.05, 0) is 36.8 Å². The Labute approximate surface area is 203 Å². The highest BCUT2D eigenvalue weighted by atomic mass is 16.5. The van der Waals surface area contributed by atoms with Crippen LogP contribution in [0.25, 0.3) is 0 Å². The summed E-state index contributed by atoms with van der Waals surface area (Å²) in [6.07, 6.45) is -0.619. The number of piperazine rings is 1. The summed E-state index contributed by atoms with van der Waals surface area (Å²) in [6.45, 7) is 4.94. The van der Waals surface area contributed by atoms with Gasteiger partial charge in [0.1, 0.15) is 11.5 Å². The number of rotatable bonds is 9. The number of hydrogen-bond acceptors (Lipinski definition) is 8. The first-order valence-electron chi connectivity index (χ1n) is 11.7. The van der Waals surface area contributed by atoms with E-state index in [1.807, 2.05) is 37.3 Å². The van der Waals surface area contributed by atoms with Crippen molar-refractivity contribution in [3.8, 4) is 11.5 Å². The molecule has 186 valence electrons. The zero-order valence-electron chi connectivity index (χ0n) is 19.6. The summed E-state index contributed by atoms with van der Waals surface area (Å²) in [5, 5.41) is 14.7. The minimum Gasteiger partial charge on any atom is -0.457 e. The van der Waals surface area contributed by atoms with E-state index >= 15 is 0 Å². The topological polar surface area (TPSA) is 120 Å². The maximum absolute atomic E-state index is 13.3. The summed E-state index contributed by atoms with van der Waals surface area (Å²) in [4.78, 5) is 42.2. The molecule has 2 aliphatic rings. The van der Waals surface area contributed by atoms with E-state index in [0.717, 1.165) is 0 Å². The number of para-hydroxylation sites is 1. The largest absolute Gasteiger partial charge is 0.457 e. The zero-order valence-corrected chi connectivity index (χ0v) is 19.6. The molecule has 0 radical (unpaired) electrons. The molecule has 3 N–H and O–H groups in total. The molecule has 1 atom stereocenters. The molecule has 4 amide bonds. The van der Waals surface area contributed by atoms with Gasteiger partial charge >= 0.3 is 6.03 Å². The van der Waals surface area contributed by atoms with Crippen molar-refractivity contribution in [2.45, 2.75) is 18.6 Å². The van der Waals surface area contributed by atoms with Crippen LogP contribution in [0.15, 0.2) is 54.6 Å². The SMILES string of the molecule is CCOCC(O)CN1CCN(C2(c3ccc(Oc4ccccc4)cc3)C(=O)NC(=O)NC2=O)CC1. The Balaban J connectivity index is 1.54. The maximum atomic E-state index is 13.3. The van der Waals surface area contributed by atoms with Crippen LogP contribution < -0.4 is 15.4 Å². The minimum absolute atomic E-state index is 0.255. The Morgan fingerprint density at radius 1 is 0.914 bits per heavy atom. The number of carbonyl (C=O) groups excluding carboxylic acids is 3. The Morgan fingerprint density at radius 3 is 2.11 bits per heavy atom. The summed E-state index contributed by atoms with van der Waals surface area (Å²) >= 11 is 0. The fourth-order valence-corrected chi connectivity index (χ4v) is 4.51. The second-order valence-corrected chi connectivity index (χ2v) is 8.49. The van der Waals surface area contributed by atoms with Gasteiger partial charge in [-0.25, -0.2) is 4.79 Å². The van der Waals surface area contributed by atoms with Gasteiger partial charge in [0.15, 0.2) is 0 Å². The minimum atomic E-state index is -1.70. The number of hydrogen-bond donors (Lipinski definition) is 3. The zero-order chi connectivity index (χ0) is 24.8. The van der Waals surface area contributed by atoms with Crippen molar-refractivity contribution in [3.63, 3.8) is 0 Å². The number of benzene rings is 2. The smallest absolute Gasteiger partial charge is 0.328 e. The molecule has 2 aliphatic heterocycles. The number of ether oxygens (including phenoxy) is 2. The van der Waals surface area contributed by atoms with Crippen molar-refractivity contribution in [1.82, 2.24) is 20.4 Å². The van der Waals surface area contributed by atoms with Crippen LogP contribution in [0.2, 0.25) is 0 Å². The third-order valence-electron chi connectivity index (χ3n) is 6.19. The molecule has 0 bridgehead atoms. The van der Waals surface area contributed by atoms with Gasteiger partial charge in [0.05, 0.1) is 12.7 Å². The molecule has 2 fully saturated rings. The number of amides is 4. The quantitative estimate of drug-likeness (QED) is 0.454. The average Bonchev–Trinajstić information content (AvgIpc) is 2.85. The Morgan fingerprint density at radius 2 is 1.51 bits per heavy atom. The van der Waals surface area contributed by atoms with Gasteiger partial charge in [-0.1, -0.05) is 30.3 Å². The molecule has 2 saturated heterocycles. The highest BCUT2D eigenvalue weighted by Gasteiger charge is 2.56. The Kier molecular flexibility index (Phi) is 7.76. The third-order valence-corrected chi connectivity index (χ3v) is 6.19. The van der Waals surface area contributed by atoms with Crippen LogP contribution in [0.3, 0.4) is 0 Å². The second-order valence-electron chi connectivity index (χ2n) is 8.49. The van der Waals surface area contributed by atoms with Crippen molar-refractivity contribution in [2.75, 3.05) is 45.9 Å². The van der Waals surface area contributed by atoms with E-state index in [-0.39, 0.29) is 6.61 Å². The molecule has 2 heterocycles. The van der Waals surface area contributed by atoms with Crippen LogP contribution in [0.5, 0.6) is 11.5 Å². The molecule has 10 heteroatoms. The van der Waals surface area contributed by atoms with Crippen molar-refractivity contribution < 1.29 is 29.0 Å². The summed E-state index contributed by atoms with van der Waals surface area (Å²) in [5.74, 6) is -0.159. The van der Waals surface area contributed by atoms with E-state index in [1.54, 1.807) is 29.2 Å². The number of imide groups is 2. The molecule has 10 nitrogen and oxygen atoms in total. The van der Waals surface area contributed by atoms with Crippen LogP contribution in [0.1, 0.15) is 12.5 Å². The predicted octanol–water partition coefficient (Wildman–Crippen LogP) is 1.06. The summed E-state index contributed by atoms with van der Waals surface area (Å²) in [7, 11) is 0. The number of nitrogens with one attached hydrogen (secondary N) is 2. The summed E-state index contributed by atoms with van der Waals surface area (Å²) in [5.41, 5.74) is -1.26. The summed E-state index contributed by atoms with van der Waals surface area (Å²) < 4.78 is 11.1. The first-order chi connectivity index (χ1) is 16.9. The molecular weight excluding hydrogens is 452 g/mol. The van der Waals surface area contributed by atoms with E-state index in [0.29, 0.717) is 56.4 Å². The lowest BCUT2D eigenvalue weighted by Gasteiger charge is -2.46. The van der Waals surface area contributed by atoms with Crippen LogP contribution in [0.4, 0.5) is 4.79 Å². The van der Waals surface area contributed by atoms with Crippen LogP contribution in [-0.4, -0.2) is 84.8 Å². The molecule has 0 aliphatic carbocycles. The fourth-order valence-electron chi connectivity index (χ4n) is 4.51. The number of nitrogens with zero attached hydrogens (tertiary/aromatic N) is 2. The van der Waals surface area contributed by atoms with E-state index in [2.05, 4.69) is 15.5 Å². The van der Waals surface area contributed by atoms with E-state index in [9.17, 15) is 19.5 Å². The molecule has 2 aromatic carbocycles. The van der Waals surface area contributed by atoms with Gasteiger partial charge in [-0.15, -0.1) is 0 Å². The number of aliphatic hydroxyl groups excluding tert-OH is 1. The Bertz CT molecular complexity index is 1020. The van der Waals surface area contributed by atoms with Crippen molar-refractivity contribution in [1.29, 1.82) is 0 Å². The van der Waals surface area contributed by atoms with Crippen LogP contribution in [-0.2, 0) is 19.9 Å². The second kappa shape index (κ2) is 11.0. The van der Waals surface area contributed by atoms with Gasteiger partial charge in [-0.2, -0.15) is 0 Å². The molecule has 0 saturated carbocycles. The first-order valence-corrected chi connectivity index (χ1v) is 11.7. The normalized spacial score (nSPS) is 19.7. The van der Waals surface area contributed by atoms with Crippen molar-refractivity contribution in [2.24, 2.45) is 0 Å². The molecule has 35 heavy (non-hydrogen) atoms. The molecular formula is C25H30N4O6. The maximum Gasteiger partial charge on any atom is 0.328 e. The van der Waals surface area contributed by atoms with Crippen molar-refractivity contribution in [3.05, 3.63) is 60.2 Å². The number of urea groups is 1. The monoisotopic (exact) mass is 482 g/mol. The first kappa shape index (κ1) is 24.8. The third kappa shape index (κ3) is 5.35. The van der Waals surface area contributed by atoms with E-state index < -0.39 is 29.5 Å². The lowest BCUT2D eigenvalue weighted by atomic mass is 9.84. The van der Waals surface area contributed by atoms with Gasteiger partial charge in [-0.3, -0.25) is 30.0 Å². The van der Waals surface area contributed by atoms with Gasteiger partial charge < -0.3 is 14.6 Å². The highest BCUT2D eigenvalue weighted by molar-refractivity contribution is 6.22. The standard InChI is InChI=1S/C25H30N4O6/c1-2-34-17-19(30)16-28-12-14-29(15-13-28)25(22(31)26-24(33)27-23(25)32)18-8-10-21(11-9-18)35-20-6-4-3-5-7-20/h3-11,19,30H,2,12-17H2,1H3,(H2,26,27,31,32,33). The average molecular weight is 483 g/mol. The van der Waals surface area contributed by atoms with Gasteiger partial charge in [0.2, 0.25) is 5.54 Å².